The summed E-state index contributed by atoms with van der Waals surface area (Å²) in [4.78, 5) is 8.91. The lowest BCUT2D eigenvalue weighted by atomic mass is 10.2. The van der Waals surface area contributed by atoms with E-state index in [4.69, 9.17) is 11.6 Å². The molecule has 100 valence electrons. The van der Waals surface area contributed by atoms with Crippen LogP contribution in [0.4, 0.5) is 5.82 Å². The number of nitrogens with zero attached hydrogens (tertiary/aromatic N) is 3. The number of hydrogen-bond donors (Lipinski definition) is 1. The molecule has 1 aromatic heterocycles. The van der Waals surface area contributed by atoms with Crippen molar-refractivity contribution in [3.05, 3.63) is 22.8 Å². The van der Waals surface area contributed by atoms with Gasteiger partial charge in [-0.3, -0.25) is 0 Å². The second kappa shape index (κ2) is 5.87. The van der Waals surface area contributed by atoms with E-state index in [1.54, 1.807) is 6.20 Å². The fourth-order valence-corrected chi connectivity index (χ4v) is 2.66. The van der Waals surface area contributed by atoms with Crippen LogP contribution >= 0.6 is 11.6 Å². The quantitative estimate of drug-likeness (QED) is 0.904. The fraction of sp³-hybridized carbons (Fsp3) is 0.615. The normalized spacial score (nSPS) is 19.8. The Bertz CT molecular complexity index is 411. The number of pyridine rings is 1. The van der Waals surface area contributed by atoms with Gasteiger partial charge in [-0.1, -0.05) is 11.6 Å². The molecule has 0 amide bonds. The molecule has 1 N–H and O–H groups in total. The number of aliphatic hydroxyl groups excluding tert-OH is 1. The molecule has 1 aromatic rings. The van der Waals surface area contributed by atoms with Crippen LogP contribution in [0.2, 0.25) is 5.02 Å². The number of anilines is 1. The predicted molar refractivity (Wildman–Crippen MR) is 74.1 cm³/mol. The summed E-state index contributed by atoms with van der Waals surface area (Å²) in [5, 5.41) is 9.79. The summed E-state index contributed by atoms with van der Waals surface area (Å²) in [5.41, 5.74) is 0.747. The number of rotatable bonds is 4. The molecule has 18 heavy (non-hydrogen) atoms. The molecule has 1 saturated heterocycles. The molecule has 0 saturated carbocycles. The second-order valence-corrected chi connectivity index (χ2v) is 5.45. The molecule has 0 aliphatic carbocycles. The highest BCUT2D eigenvalue weighted by atomic mass is 35.5. The van der Waals surface area contributed by atoms with Gasteiger partial charge in [0.25, 0.3) is 0 Å². The van der Waals surface area contributed by atoms with Gasteiger partial charge >= 0.3 is 0 Å². The van der Waals surface area contributed by atoms with Crippen molar-refractivity contribution in [3.63, 3.8) is 0 Å². The highest BCUT2D eigenvalue weighted by molar-refractivity contribution is 6.31. The van der Waals surface area contributed by atoms with Gasteiger partial charge in [-0.25, -0.2) is 4.98 Å². The van der Waals surface area contributed by atoms with E-state index >= 15 is 0 Å². The third-order valence-corrected chi connectivity index (χ3v) is 3.68. The summed E-state index contributed by atoms with van der Waals surface area (Å²) < 4.78 is 0. The van der Waals surface area contributed by atoms with Gasteiger partial charge in [-0.05, 0) is 33.0 Å². The number of hydrogen-bond acceptors (Lipinski definition) is 4. The Morgan fingerprint density at radius 1 is 1.56 bits per heavy atom. The minimum absolute atomic E-state index is 0.0411. The van der Waals surface area contributed by atoms with Gasteiger partial charge in [0.1, 0.15) is 5.82 Å². The zero-order chi connectivity index (χ0) is 13.1. The maximum Gasteiger partial charge on any atom is 0.129 e. The van der Waals surface area contributed by atoms with Gasteiger partial charge < -0.3 is 14.9 Å². The highest BCUT2D eigenvalue weighted by Gasteiger charge is 2.26. The molecule has 2 rings (SSSR count). The molecule has 0 bridgehead atoms. The summed E-state index contributed by atoms with van der Waals surface area (Å²) in [6, 6.07) is 2.40. The molecule has 0 aromatic carbocycles. The van der Waals surface area contributed by atoms with Crippen molar-refractivity contribution < 1.29 is 5.11 Å². The van der Waals surface area contributed by atoms with Gasteiger partial charge in [0.15, 0.2) is 0 Å². The lowest BCUT2D eigenvalue weighted by molar-refractivity contribution is 0.282. The van der Waals surface area contributed by atoms with Crippen LogP contribution < -0.4 is 4.90 Å². The van der Waals surface area contributed by atoms with Crippen LogP contribution in [0.15, 0.2) is 12.3 Å². The zero-order valence-corrected chi connectivity index (χ0v) is 11.7. The number of likely N-dealkylation sites (N-methyl/N-ethyl adjacent to an activating group) is 1. The van der Waals surface area contributed by atoms with Gasteiger partial charge in [0.05, 0.1) is 11.6 Å². The summed E-state index contributed by atoms with van der Waals surface area (Å²) in [6.45, 7) is 2.01. The maximum absolute atomic E-state index is 9.26. The minimum atomic E-state index is -0.0411. The van der Waals surface area contributed by atoms with E-state index in [0.717, 1.165) is 24.5 Å². The first-order chi connectivity index (χ1) is 8.61. The van der Waals surface area contributed by atoms with Crippen LogP contribution in [0.1, 0.15) is 18.4 Å². The summed E-state index contributed by atoms with van der Waals surface area (Å²) in [6.07, 6.45) is 4.02. The molecular formula is C13H20ClN3O. The number of halogens is 1. The predicted octanol–water partition coefficient (Wildman–Crippen LogP) is 1.76. The molecule has 1 aliphatic heterocycles. The van der Waals surface area contributed by atoms with Crippen LogP contribution in [-0.4, -0.2) is 48.2 Å². The topological polar surface area (TPSA) is 39.6 Å². The molecular weight excluding hydrogens is 250 g/mol. The van der Waals surface area contributed by atoms with E-state index in [1.165, 1.54) is 12.8 Å². The van der Waals surface area contributed by atoms with Crippen LogP contribution in [0.5, 0.6) is 0 Å². The Hall–Kier alpha value is -0.840. The van der Waals surface area contributed by atoms with Crippen molar-refractivity contribution >= 4 is 17.4 Å². The van der Waals surface area contributed by atoms with Gasteiger partial charge in [0, 0.05) is 30.9 Å². The van der Waals surface area contributed by atoms with Gasteiger partial charge in [0.2, 0.25) is 0 Å². The lowest BCUT2D eigenvalue weighted by Crippen LogP contribution is -2.38. The third-order valence-electron chi connectivity index (χ3n) is 3.34. The van der Waals surface area contributed by atoms with Crippen molar-refractivity contribution in [3.8, 4) is 0 Å². The Kier molecular flexibility index (Phi) is 4.43. The van der Waals surface area contributed by atoms with Gasteiger partial charge in [-0.15, -0.1) is 0 Å². The molecule has 2 heterocycles. The summed E-state index contributed by atoms with van der Waals surface area (Å²) in [5.74, 6) is 0.924. The Morgan fingerprint density at radius 2 is 2.33 bits per heavy atom. The maximum atomic E-state index is 9.26. The van der Waals surface area contributed by atoms with Crippen molar-refractivity contribution in [2.45, 2.75) is 25.5 Å². The smallest absolute Gasteiger partial charge is 0.129 e. The van der Waals surface area contributed by atoms with Crippen LogP contribution in [0.3, 0.4) is 0 Å². The Morgan fingerprint density at radius 3 is 3.00 bits per heavy atom. The SMILES string of the molecule is CN(C)CC1CCCN1c1cc(CO)c(Cl)cn1. The average molecular weight is 270 g/mol. The van der Waals surface area contributed by atoms with Crippen LogP contribution in [-0.2, 0) is 6.61 Å². The Balaban J connectivity index is 2.19. The molecule has 1 unspecified atom stereocenters. The van der Waals surface area contributed by atoms with Crippen molar-refractivity contribution in [2.24, 2.45) is 0 Å². The summed E-state index contributed by atoms with van der Waals surface area (Å²) >= 11 is 5.97. The van der Waals surface area contributed by atoms with E-state index in [9.17, 15) is 5.11 Å². The van der Waals surface area contributed by atoms with Crippen molar-refractivity contribution in [1.29, 1.82) is 0 Å². The number of aliphatic hydroxyl groups is 1. The molecule has 0 spiro atoms. The fourth-order valence-electron chi connectivity index (χ4n) is 2.49. The van der Waals surface area contributed by atoms with Gasteiger partial charge in [-0.2, -0.15) is 0 Å². The zero-order valence-electron chi connectivity index (χ0n) is 10.9. The van der Waals surface area contributed by atoms with E-state index in [2.05, 4.69) is 28.9 Å². The van der Waals surface area contributed by atoms with E-state index in [0.29, 0.717) is 11.1 Å². The third kappa shape index (κ3) is 2.94. The first kappa shape index (κ1) is 13.6. The molecule has 4 nitrogen and oxygen atoms in total. The number of aromatic nitrogens is 1. The lowest BCUT2D eigenvalue weighted by Gasteiger charge is -2.28. The van der Waals surface area contributed by atoms with Crippen molar-refractivity contribution in [2.75, 3.05) is 32.1 Å². The summed E-state index contributed by atoms with van der Waals surface area (Å²) in [7, 11) is 4.18. The molecule has 0 radical (unpaired) electrons. The second-order valence-electron chi connectivity index (χ2n) is 5.04. The van der Waals surface area contributed by atoms with Crippen LogP contribution in [0, 0.1) is 0 Å². The average Bonchev–Trinajstić information content (AvgIpc) is 2.77. The largest absolute Gasteiger partial charge is 0.392 e. The first-order valence-electron chi connectivity index (χ1n) is 6.28. The Labute approximate surface area is 113 Å². The monoisotopic (exact) mass is 269 g/mol. The minimum Gasteiger partial charge on any atom is -0.392 e. The first-order valence-corrected chi connectivity index (χ1v) is 6.66. The highest BCUT2D eigenvalue weighted by Crippen LogP contribution is 2.27. The van der Waals surface area contributed by atoms with Crippen molar-refractivity contribution in [1.82, 2.24) is 9.88 Å². The molecule has 1 atom stereocenters. The van der Waals surface area contributed by atoms with Crippen LogP contribution in [0.25, 0.3) is 0 Å². The van der Waals surface area contributed by atoms with E-state index in [1.807, 2.05) is 6.07 Å². The standard InChI is InChI=1S/C13H20ClN3O/c1-16(2)8-11-4-3-5-17(11)13-6-10(9-18)12(14)7-15-13/h6-7,11,18H,3-5,8-9H2,1-2H3. The van der Waals surface area contributed by atoms with E-state index < -0.39 is 0 Å². The molecule has 1 fully saturated rings. The molecule has 5 heteroatoms. The van der Waals surface area contributed by atoms with E-state index in [-0.39, 0.29) is 6.61 Å². The molecule has 1 aliphatic rings.